The fraction of sp³-hybridized carbons (Fsp3) is 0.118. The van der Waals surface area contributed by atoms with Gasteiger partial charge in [-0.25, -0.2) is 4.68 Å². The molecule has 5 nitrogen and oxygen atoms in total. The number of pyridine rings is 1. The fourth-order valence-corrected chi connectivity index (χ4v) is 2.78. The van der Waals surface area contributed by atoms with Gasteiger partial charge in [-0.3, -0.25) is 9.78 Å². The molecule has 24 heavy (non-hydrogen) atoms. The maximum Gasteiger partial charge on any atom is 0.257 e. The Morgan fingerprint density at radius 3 is 2.79 bits per heavy atom. The minimum absolute atomic E-state index is 0.129. The smallest absolute Gasteiger partial charge is 0.257 e. The van der Waals surface area contributed by atoms with E-state index in [9.17, 15) is 4.79 Å². The second kappa shape index (κ2) is 7.03. The zero-order chi connectivity index (χ0) is 17.1. The molecule has 0 atom stereocenters. The van der Waals surface area contributed by atoms with E-state index < -0.39 is 0 Å². The molecule has 0 spiro atoms. The van der Waals surface area contributed by atoms with Crippen LogP contribution in [0.5, 0.6) is 0 Å². The van der Waals surface area contributed by atoms with Gasteiger partial charge in [-0.05, 0) is 29.8 Å². The van der Waals surface area contributed by atoms with Gasteiger partial charge in [-0.1, -0.05) is 29.3 Å². The predicted octanol–water partition coefficient (Wildman–Crippen LogP) is 3.85. The standard InChI is InChI=1S/C17H14Cl2N4O/c1-22(10-12-3-2-6-20-8-12)17(24)13-9-21-23(11-13)16-5-4-14(18)7-15(16)19/h2-9,11H,10H2,1H3. The van der Waals surface area contributed by atoms with Crippen LogP contribution in [-0.2, 0) is 6.54 Å². The molecule has 0 unspecified atom stereocenters. The van der Waals surface area contributed by atoms with Crippen LogP contribution in [0, 0.1) is 0 Å². The minimum atomic E-state index is -0.129. The van der Waals surface area contributed by atoms with Gasteiger partial charge in [0.05, 0.1) is 22.5 Å². The minimum Gasteiger partial charge on any atom is -0.337 e. The molecule has 0 aliphatic heterocycles. The van der Waals surface area contributed by atoms with E-state index in [1.54, 1.807) is 53.4 Å². The van der Waals surface area contributed by atoms with E-state index >= 15 is 0 Å². The van der Waals surface area contributed by atoms with Gasteiger partial charge in [0.2, 0.25) is 0 Å². The van der Waals surface area contributed by atoms with Gasteiger partial charge in [0.25, 0.3) is 5.91 Å². The number of nitrogens with zero attached hydrogens (tertiary/aromatic N) is 4. The van der Waals surface area contributed by atoms with E-state index in [0.29, 0.717) is 27.8 Å². The van der Waals surface area contributed by atoms with Crippen molar-refractivity contribution in [2.24, 2.45) is 0 Å². The summed E-state index contributed by atoms with van der Waals surface area (Å²) in [6.07, 6.45) is 6.61. The SMILES string of the molecule is CN(Cc1cccnc1)C(=O)c1cnn(-c2ccc(Cl)cc2Cl)c1. The number of carbonyl (C=O) groups excluding carboxylic acids is 1. The van der Waals surface area contributed by atoms with E-state index in [1.165, 1.54) is 6.20 Å². The molecule has 0 bridgehead atoms. The van der Waals surface area contributed by atoms with Crippen LogP contribution in [0.3, 0.4) is 0 Å². The van der Waals surface area contributed by atoms with E-state index in [-0.39, 0.29) is 5.91 Å². The Kier molecular flexibility index (Phi) is 4.83. The Balaban J connectivity index is 1.78. The van der Waals surface area contributed by atoms with Gasteiger partial charge in [0, 0.05) is 37.2 Å². The summed E-state index contributed by atoms with van der Waals surface area (Å²) in [4.78, 5) is 18.2. The van der Waals surface area contributed by atoms with Gasteiger partial charge < -0.3 is 4.90 Å². The number of hydrogen-bond donors (Lipinski definition) is 0. The van der Waals surface area contributed by atoms with Gasteiger partial charge >= 0.3 is 0 Å². The number of carbonyl (C=O) groups is 1. The Morgan fingerprint density at radius 2 is 2.08 bits per heavy atom. The topological polar surface area (TPSA) is 51.0 Å². The Bertz CT molecular complexity index is 864. The molecule has 0 saturated carbocycles. The molecule has 0 aliphatic rings. The number of amides is 1. The van der Waals surface area contributed by atoms with Crippen LogP contribution < -0.4 is 0 Å². The van der Waals surface area contributed by atoms with Gasteiger partial charge in [0.15, 0.2) is 0 Å². The molecule has 3 rings (SSSR count). The van der Waals surface area contributed by atoms with Crippen molar-refractivity contribution in [1.29, 1.82) is 0 Å². The highest BCUT2D eigenvalue weighted by molar-refractivity contribution is 6.35. The Morgan fingerprint density at radius 1 is 1.25 bits per heavy atom. The highest BCUT2D eigenvalue weighted by Crippen LogP contribution is 2.24. The van der Waals surface area contributed by atoms with E-state index in [0.717, 1.165) is 5.56 Å². The summed E-state index contributed by atoms with van der Waals surface area (Å²) in [5.41, 5.74) is 2.10. The number of aromatic nitrogens is 3. The molecule has 2 aromatic heterocycles. The van der Waals surface area contributed by atoms with E-state index in [4.69, 9.17) is 23.2 Å². The third kappa shape index (κ3) is 3.58. The lowest BCUT2D eigenvalue weighted by atomic mass is 10.2. The molecule has 0 aliphatic carbocycles. The number of hydrogen-bond acceptors (Lipinski definition) is 3. The van der Waals surface area contributed by atoms with Crippen LogP contribution >= 0.6 is 23.2 Å². The first-order valence-corrected chi connectivity index (χ1v) is 7.94. The first-order valence-electron chi connectivity index (χ1n) is 7.19. The van der Waals surface area contributed by atoms with Crippen LogP contribution in [-0.4, -0.2) is 32.6 Å². The van der Waals surface area contributed by atoms with E-state index in [2.05, 4.69) is 10.1 Å². The fourth-order valence-electron chi connectivity index (χ4n) is 2.29. The third-order valence-corrected chi connectivity index (χ3v) is 4.01. The van der Waals surface area contributed by atoms with E-state index in [1.807, 2.05) is 12.1 Å². The monoisotopic (exact) mass is 360 g/mol. The lowest BCUT2D eigenvalue weighted by Crippen LogP contribution is -2.25. The molecule has 0 N–H and O–H groups in total. The molecule has 0 radical (unpaired) electrons. The summed E-state index contributed by atoms with van der Waals surface area (Å²) >= 11 is 12.1. The number of benzene rings is 1. The summed E-state index contributed by atoms with van der Waals surface area (Å²) in [6.45, 7) is 0.472. The molecule has 2 heterocycles. The molecule has 0 fully saturated rings. The first kappa shape index (κ1) is 16.5. The van der Waals surface area contributed by atoms with Crippen LogP contribution in [0.4, 0.5) is 0 Å². The van der Waals surface area contributed by atoms with Gasteiger partial charge in [-0.15, -0.1) is 0 Å². The van der Waals surface area contributed by atoms with Gasteiger partial charge in [0.1, 0.15) is 0 Å². The summed E-state index contributed by atoms with van der Waals surface area (Å²) in [7, 11) is 1.74. The van der Waals surface area contributed by atoms with Crippen molar-refractivity contribution in [3.8, 4) is 5.69 Å². The molecule has 0 saturated heterocycles. The van der Waals surface area contributed by atoms with Crippen molar-refractivity contribution in [1.82, 2.24) is 19.7 Å². The van der Waals surface area contributed by atoms with Crippen LogP contribution in [0.2, 0.25) is 10.0 Å². The summed E-state index contributed by atoms with van der Waals surface area (Å²) in [5, 5.41) is 5.23. The summed E-state index contributed by atoms with van der Waals surface area (Å²) in [5.74, 6) is -0.129. The molecule has 7 heteroatoms. The second-order valence-corrected chi connectivity index (χ2v) is 6.14. The highest BCUT2D eigenvalue weighted by Gasteiger charge is 2.15. The second-order valence-electron chi connectivity index (χ2n) is 5.29. The molecule has 1 amide bonds. The Labute approximate surface area is 149 Å². The van der Waals surface area contributed by atoms with Crippen molar-refractivity contribution >= 4 is 29.1 Å². The number of rotatable bonds is 4. The molecule has 3 aromatic rings. The molecular formula is C17H14Cl2N4O. The number of halogens is 2. The van der Waals surface area contributed by atoms with Crippen molar-refractivity contribution in [3.05, 3.63) is 76.3 Å². The maximum absolute atomic E-state index is 12.5. The Hall–Kier alpha value is -2.37. The summed E-state index contributed by atoms with van der Waals surface area (Å²) in [6, 6.07) is 8.88. The normalized spacial score (nSPS) is 10.6. The van der Waals surface area contributed by atoms with Crippen LogP contribution in [0.1, 0.15) is 15.9 Å². The van der Waals surface area contributed by atoms with Gasteiger partial charge in [-0.2, -0.15) is 5.10 Å². The van der Waals surface area contributed by atoms with Crippen molar-refractivity contribution in [2.45, 2.75) is 6.54 Å². The highest BCUT2D eigenvalue weighted by atomic mass is 35.5. The lowest BCUT2D eigenvalue weighted by molar-refractivity contribution is 0.0785. The van der Waals surface area contributed by atoms with Crippen molar-refractivity contribution in [2.75, 3.05) is 7.05 Å². The first-order chi connectivity index (χ1) is 11.5. The zero-order valence-electron chi connectivity index (χ0n) is 12.9. The average Bonchev–Trinajstić information content (AvgIpc) is 3.04. The van der Waals surface area contributed by atoms with Crippen molar-refractivity contribution in [3.63, 3.8) is 0 Å². The quantitative estimate of drug-likeness (QED) is 0.709. The predicted molar refractivity (Wildman–Crippen MR) is 93.6 cm³/mol. The third-order valence-electron chi connectivity index (χ3n) is 3.48. The molecular weight excluding hydrogens is 347 g/mol. The maximum atomic E-state index is 12.5. The average molecular weight is 361 g/mol. The van der Waals surface area contributed by atoms with Crippen LogP contribution in [0.25, 0.3) is 5.69 Å². The lowest BCUT2D eigenvalue weighted by Gasteiger charge is -2.15. The summed E-state index contributed by atoms with van der Waals surface area (Å²) < 4.78 is 1.56. The van der Waals surface area contributed by atoms with Crippen molar-refractivity contribution < 1.29 is 4.79 Å². The largest absolute Gasteiger partial charge is 0.337 e. The van der Waals surface area contributed by atoms with Crippen LogP contribution in [0.15, 0.2) is 55.1 Å². The molecule has 1 aromatic carbocycles. The molecule has 122 valence electrons. The zero-order valence-corrected chi connectivity index (χ0v) is 14.4.